The highest BCUT2D eigenvalue weighted by Gasteiger charge is 2.21. The van der Waals surface area contributed by atoms with Crippen LogP contribution in [0.25, 0.3) is 0 Å². The van der Waals surface area contributed by atoms with E-state index in [0.717, 1.165) is 44.1 Å². The Morgan fingerprint density at radius 1 is 1.03 bits per heavy atom. The van der Waals surface area contributed by atoms with Crippen molar-refractivity contribution >= 4 is 23.1 Å². The number of ether oxygens (including phenoxy) is 1. The molecule has 1 fully saturated rings. The van der Waals surface area contributed by atoms with E-state index >= 15 is 0 Å². The molecule has 29 heavy (non-hydrogen) atoms. The average molecular weight is 396 g/mol. The number of carbonyl (C=O) groups is 2. The van der Waals surface area contributed by atoms with Gasteiger partial charge in [-0.05, 0) is 56.8 Å². The Hall–Kier alpha value is -2.86. The fourth-order valence-corrected chi connectivity index (χ4v) is 3.42. The van der Waals surface area contributed by atoms with Gasteiger partial charge in [0.2, 0.25) is 0 Å². The van der Waals surface area contributed by atoms with Crippen molar-refractivity contribution < 1.29 is 14.3 Å². The van der Waals surface area contributed by atoms with Gasteiger partial charge < -0.3 is 19.9 Å². The summed E-state index contributed by atoms with van der Waals surface area (Å²) >= 11 is 0. The van der Waals surface area contributed by atoms with Crippen LogP contribution in [0.5, 0.6) is 5.75 Å². The van der Waals surface area contributed by atoms with E-state index in [4.69, 9.17) is 4.74 Å². The van der Waals surface area contributed by atoms with Gasteiger partial charge in [0.15, 0.2) is 11.9 Å². The number of anilines is 2. The number of benzene rings is 2. The SMILES string of the molecule is CCN1CCN(c2ccccc2NC(=O)[C@@H](C)Oc2ccc(C(C)=O)cc2)CC1. The van der Waals surface area contributed by atoms with Gasteiger partial charge in [0.05, 0.1) is 11.4 Å². The number of nitrogens with one attached hydrogen (secondary N) is 1. The van der Waals surface area contributed by atoms with Crippen LogP contribution >= 0.6 is 0 Å². The number of likely N-dealkylation sites (N-methyl/N-ethyl adjacent to an activating group) is 1. The Morgan fingerprint density at radius 3 is 2.31 bits per heavy atom. The molecule has 3 rings (SSSR count). The molecule has 0 aromatic heterocycles. The van der Waals surface area contributed by atoms with E-state index in [1.54, 1.807) is 31.2 Å². The van der Waals surface area contributed by atoms with Crippen molar-refractivity contribution in [3.63, 3.8) is 0 Å². The lowest BCUT2D eigenvalue weighted by molar-refractivity contribution is -0.122. The van der Waals surface area contributed by atoms with Gasteiger partial charge in [-0.3, -0.25) is 9.59 Å². The van der Waals surface area contributed by atoms with E-state index in [1.165, 1.54) is 6.92 Å². The minimum atomic E-state index is -0.664. The van der Waals surface area contributed by atoms with Crippen LogP contribution in [0.15, 0.2) is 48.5 Å². The summed E-state index contributed by atoms with van der Waals surface area (Å²) in [5, 5.41) is 3.01. The molecule has 0 bridgehead atoms. The second-order valence-corrected chi connectivity index (χ2v) is 7.27. The Balaban J connectivity index is 1.63. The highest BCUT2D eigenvalue weighted by Crippen LogP contribution is 2.27. The molecule has 154 valence electrons. The molecule has 0 spiro atoms. The van der Waals surface area contributed by atoms with Crippen molar-refractivity contribution in [2.75, 3.05) is 42.9 Å². The van der Waals surface area contributed by atoms with Crippen molar-refractivity contribution in [2.24, 2.45) is 0 Å². The summed E-state index contributed by atoms with van der Waals surface area (Å²) in [6.45, 7) is 10.4. The smallest absolute Gasteiger partial charge is 0.265 e. The van der Waals surface area contributed by atoms with Gasteiger partial charge in [-0.25, -0.2) is 0 Å². The monoisotopic (exact) mass is 395 g/mol. The Morgan fingerprint density at radius 2 is 1.69 bits per heavy atom. The molecular formula is C23H29N3O3. The van der Waals surface area contributed by atoms with Gasteiger partial charge in [-0.1, -0.05) is 19.1 Å². The van der Waals surface area contributed by atoms with Crippen LogP contribution in [0.2, 0.25) is 0 Å². The third kappa shape index (κ3) is 5.35. The molecule has 6 nitrogen and oxygen atoms in total. The first-order valence-electron chi connectivity index (χ1n) is 10.1. The maximum absolute atomic E-state index is 12.7. The Labute approximate surface area is 172 Å². The van der Waals surface area contributed by atoms with E-state index in [0.29, 0.717) is 11.3 Å². The second-order valence-electron chi connectivity index (χ2n) is 7.27. The van der Waals surface area contributed by atoms with E-state index in [1.807, 2.05) is 24.3 Å². The highest BCUT2D eigenvalue weighted by atomic mass is 16.5. The topological polar surface area (TPSA) is 61.9 Å². The number of para-hydroxylation sites is 2. The largest absolute Gasteiger partial charge is 0.481 e. The molecule has 0 aliphatic carbocycles. The summed E-state index contributed by atoms with van der Waals surface area (Å²) in [6.07, 6.45) is -0.664. The van der Waals surface area contributed by atoms with Gasteiger partial charge in [-0.2, -0.15) is 0 Å². The number of amides is 1. The standard InChI is InChI=1S/C23H29N3O3/c1-4-25-13-15-26(16-14-25)22-8-6-5-7-21(22)24-23(28)18(3)29-20-11-9-19(10-12-20)17(2)27/h5-12,18H,4,13-16H2,1-3H3,(H,24,28)/t18-/m1/s1. The molecule has 1 saturated heterocycles. The number of nitrogens with zero attached hydrogens (tertiary/aromatic N) is 2. The van der Waals surface area contributed by atoms with Crippen LogP contribution in [-0.2, 0) is 4.79 Å². The van der Waals surface area contributed by atoms with E-state index < -0.39 is 6.10 Å². The average Bonchev–Trinajstić information content (AvgIpc) is 2.74. The van der Waals surface area contributed by atoms with E-state index in [2.05, 4.69) is 22.0 Å². The molecule has 1 aliphatic heterocycles. The third-order valence-corrected chi connectivity index (χ3v) is 5.27. The van der Waals surface area contributed by atoms with Gasteiger partial charge in [0.1, 0.15) is 5.75 Å². The first-order chi connectivity index (χ1) is 14.0. The van der Waals surface area contributed by atoms with E-state index in [9.17, 15) is 9.59 Å². The lowest BCUT2D eigenvalue weighted by Crippen LogP contribution is -2.46. The number of rotatable bonds is 7. The summed E-state index contributed by atoms with van der Waals surface area (Å²) in [6, 6.07) is 14.7. The van der Waals surface area contributed by atoms with E-state index in [-0.39, 0.29) is 11.7 Å². The van der Waals surface area contributed by atoms with Gasteiger partial charge in [0.25, 0.3) is 5.91 Å². The molecule has 2 aromatic rings. The van der Waals surface area contributed by atoms with Crippen molar-refractivity contribution in [1.82, 2.24) is 4.90 Å². The Kier molecular flexibility index (Phi) is 6.88. The number of carbonyl (C=O) groups excluding carboxylic acids is 2. The normalized spacial score (nSPS) is 15.6. The molecule has 0 saturated carbocycles. The van der Waals surface area contributed by atoms with Crippen LogP contribution in [0.1, 0.15) is 31.1 Å². The van der Waals surface area contributed by atoms with Crippen molar-refractivity contribution in [1.29, 1.82) is 0 Å². The molecule has 1 amide bonds. The number of Topliss-reactive ketones (excluding diaryl/α,β-unsaturated/α-hetero) is 1. The quantitative estimate of drug-likeness (QED) is 0.728. The first kappa shape index (κ1) is 20.9. The molecule has 2 aromatic carbocycles. The van der Waals surface area contributed by atoms with Crippen molar-refractivity contribution in [3.05, 3.63) is 54.1 Å². The minimum Gasteiger partial charge on any atom is -0.481 e. The van der Waals surface area contributed by atoms with Crippen LogP contribution in [0.3, 0.4) is 0 Å². The lowest BCUT2D eigenvalue weighted by atomic mass is 10.1. The maximum Gasteiger partial charge on any atom is 0.265 e. The molecule has 1 heterocycles. The zero-order chi connectivity index (χ0) is 20.8. The molecular weight excluding hydrogens is 366 g/mol. The highest BCUT2D eigenvalue weighted by molar-refractivity contribution is 5.97. The fourth-order valence-electron chi connectivity index (χ4n) is 3.42. The zero-order valence-corrected chi connectivity index (χ0v) is 17.4. The molecule has 1 atom stereocenters. The zero-order valence-electron chi connectivity index (χ0n) is 17.4. The predicted molar refractivity (Wildman–Crippen MR) is 116 cm³/mol. The number of hydrogen-bond donors (Lipinski definition) is 1. The number of piperazine rings is 1. The van der Waals surface area contributed by atoms with Gasteiger partial charge >= 0.3 is 0 Å². The lowest BCUT2D eigenvalue weighted by Gasteiger charge is -2.36. The van der Waals surface area contributed by atoms with Crippen molar-refractivity contribution in [3.8, 4) is 5.75 Å². The molecule has 0 unspecified atom stereocenters. The summed E-state index contributed by atoms with van der Waals surface area (Å²) in [4.78, 5) is 28.8. The van der Waals surface area contributed by atoms with Crippen LogP contribution < -0.4 is 15.0 Å². The Bertz CT molecular complexity index is 843. The summed E-state index contributed by atoms with van der Waals surface area (Å²) in [7, 11) is 0. The van der Waals surface area contributed by atoms with Crippen LogP contribution in [0.4, 0.5) is 11.4 Å². The number of ketones is 1. The summed E-state index contributed by atoms with van der Waals surface area (Å²) in [5.41, 5.74) is 2.45. The predicted octanol–water partition coefficient (Wildman–Crippen LogP) is 3.44. The second kappa shape index (κ2) is 9.56. The first-order valence-corrected chi connectivity index (χ1v) is 10.1. The maximum atomic E-state index is 12.7. The van der Waals surface area contributed by atoms with Gasteiger partial charge in [-0.15, -0.1) is 0 Å². The molecule has 6 heteroatoms. The molecule has 1 aliphatic rings. The minimum absolute atomic E-state index is 0.00119. The van der Waals surface area contributed by atoms with Crippen LogP contribution in [0, 0.1) is 0 Å². The van der Waals surface area contributed by atoms with Crippen LogP contribution in [-0.4, -0.2) is 55.4 Å². The molecule has 0 radical (unpaired) electrons. The van der Waals surface area contributed by atoms with Crippen molar-refractivity contribution in [2.45, 2.75) is 26.9 Å². The molecule has 1 N–H and O–H groups in total. The summed E-state index contributed by atoms with van der Waals surface area (Å²) in [5.74, 6) is 0.348. The number of hydrogen-bond acceptors (Lipinski definition) is 5. The fraction of sp³-hybridized carbons (Fsp3) is 0.391. The third-order valence-electron chi connectivity index (χ3n) is 5.27. The summed E-state index contributed by atoms with van der Waals surface area (Å²) < 4.78 is 5.75. The van der Waals surface area contributed by atoms with Gasteiger partial charge in [0, 0.05) is 31.7 Å².